The van der Waals surface area contributed by atoms with Crippen molar-refractivity contribution in [3.63, 3.8) is 0 Å². The lowest BCUT2D eigenvalue weighted by atomic mass is 10.0. The number of carbonyl (C=O) groups excluding carboxylic acids is 2. The molecule has 2 heterocycles. The molecule has 210 valence electrons. The standard InChI is InChI=1S/C32H24ClN3O6/c1-2-39-26-15-19(11-13-25(26)42-32(38)21-12-14-24-27(16-21)41-18-40-24)17-34-36-31(37)30-28(20-7-4-3-5-8-20)22-9-6-10-23(33)29(22)35-30/h3-17,35H,2,18H2,1H3,(H,36,37). The van der Waals surface area contributed by atoms with Crippen LogP contribution in [0.5, 0.6) is 23.0 Å². The number of aromatic amines is 1. The van der Waals surface area contributed by atoms with Gasteiger partial charge in [-0.2, -0.15) is 5.10 Å². The largest absolute Gasteiger partial charge is 0.490 e. The summed E-state index contributed by atoms with van der Waals surface area (Å²) in [6.45, 7) is 2.27. The van der Waals surface area contributed by atoms with Gasteiger partial charge in [0.15, 0.2) is 23.0 Å². The number of esters is 1. The Morgan fingerprint density at radius 2 is 1.81 bits per heavy atom. The highest BCUT2D eigenvalue weighted by Crippen LogP contribution is 2.36. The summed E-state index contributed by atoms with van der Waals surface area (Å²) in [6.07, 6.45) is 1.47. The van der Waals surface area contributed by atoms with Crippen LogP contribution in [0.15, 0.2) is 90.0 Å². The highest BCUT2D eigenvalue weighted by atomic mass is 35.5. The van der Waals surface area contributed by atoms with Crippen molar-refractivity contribution in [3.8, 4) is 34.1 Å². The van der Waals surface area contributed by atoms with Gasteiger partial charge in [-0.1, -0.05) is 54.1 Å². The van der Waals surface area contributed by atoms with Crippen molar-refractivity contribution in [2.45, 2.75) is 6.92 Å². The molecule has 4 aromatic carbocycles. The minimum Gasteiger partial charge on any atom is -0.490 e. The number of halogens is 1. The van der Waals surface area contributed by atoms with Gasteiger partial charge in [0.2, 0.25) is 6.79 Å². The fraction of sp³-hybridized carbons (Fsp3) is 0.0938. The zero-order valence-electron chi connectivity index (χ0n) is 22.3. The van der Waals surface area contributed by atoms with Gasteiger partial charge in [-0.25, -0.2) is 10.2 Å². The molecule has 0 unspecified atom stereocenters. The van der Waals surface area contributed by atoms with E-state index in [9.17, 15) is 9.59 Å². The molecular weight excluding hydrogens is 558 g/mol. The first-order valence-electron chi connectivity index (χ1n) is 13.1. The van der Waals surface area contributed by atoms with E-state index in [2.05, 4.69) is 15.5 Å². The van der Waals surface area contributed by atoms with E-state index in [4.69, 9.17) is 30.5 Å². The minimum atomic E-state index is -0.574. The number of fused-ring (bicyclic) bond motifs is 2. The summed E-state index contributed by atoms with van der Waals surface area (Å²) in [5.74, 6) is 0.630. The van der Waals surface area contributed by atoms with Crippen molar-refractivity contribution in [3.05, 3.63) is 107 Å². The van der Waals surface area contributed by atoms with E-state index in [-0.39, 0.29) is 12.5 Å². The van der Waals surface area contributed by atoms with Crippen molar-refractivity contribution in [2.24, 2.45) is 5.10 Å². The third-order valence-electron chi connectivity index (χ3n) is 6.53. The number of aromatic nitrogens is 1. The molecule has 6 rings (SSSR count). The minimum absolute atomic E-state index is 0.107. The molecule has 42 heavy (non-hydrogen) atoms. The number of rotatable bonds is 8. The lowest BCUT2D eigenvalue weighted by molar-refractivity contribution is 0.0727. The molecule has 0 bridgehead atoms. The monoisotopic (exact) mass is 581 g/mol. The van der Waals surface area contributed by atoms with Gasteiger partial charge in [-0.05, 0) is 60.5 Å². The lowest BCUT2D eigenvalue weighted by Gasteiger charge is -2.11. The van der Waals surface area contributed by atoms with E-state index in [1.807, 2.05) is 49.4 Å². The first-order valence-corrected chi connectivity index (χ1v) is 13.5. The van der Waals surface area contributed by atoms with Gasteiger partial charge in [-0.3, -0.25) is 4.79 Å². The van der Waals surface area contributed by atoms with Crippen LogP contribution >= 0.6 is 11.6 Å². The van der Waals surface area contributed by atoms with Crippen molar-refractivity contribution in [1.82, 2.24) is 10.4 Å². The predicted molar refractivity (Wildman–Crippen MR) is 159 cm³/mol. The molecule has 0 radical (unpaired) electrons. The van der Waals surface area contributed by atoms with E-state index >= 15 is 0 Å². The molecule has 2 N–H and O–H groups in total. The van der Waals surface area contributed by atoms with E-state index < -0.39 is 11.9 Å². The highest BCUT2D eigenvalue weighted by Gasteiger charge is 2.21. The number of nitrogens with one attached hydrogen (secondary N) is 2. The molecule has 1 aliphatic heterocycles. The molecule has 5 aromatic rings. The van der Waals surface area contributed by atoms with E-state index in [0.717, 1.165) is 16.5 Å². The number of amides is 1. The van der Waals surface area contributed by atoms with Crippen molar-refractivity contribution in [2.75, 3.05) is 13.4 Å². The molecule has 0 saturated heterocycles. The summed E-state index contributed by atoms with van der Waals surface area (Å²) in [5, 5.41) is 5.49. The van der Waals surface area contributed by atoms with Crippen LogP contribution in [0.4, 0.5) is 0 Å². The van der Waals surface area contributed by atoms with E-state index in [0.29, 0.717) is 51.2 Å². The molecule has 9 nitrogen and oxygen atoms in total. The number of hydrazone groups is 1. The Kier molecular flexibility index (Phi) is 7.49. The lowest BCUT2D eigenvalue weighted by Crippen LogP contribution is -2.18. The summed E-state index contributed by atoms with van der Waals surface area (Å²) in [7, 11) is 0. The van der Waals surface area contributed by atoms with Crippen molar-refractivity contribution < 1.29 is 28.5 Å². The van der Waals surface area contributed by atoms with Crippen LogP contribution in [0.1, 0.15) is 33.3 Å². The quantitative estimate of drug-likeness (QED) is 0.0924. The zero-order valence-corrected chi connectivity index (χ0v) is 23.1. The molecule has 0 spiro atoms. The number of nitrogens with zero attached hydrogens (tertiary/aromatic N) is 1. The second-order valence-electron chi connectivity index (χ2n) is 9.20. The average Bonchev–Trinajstić information content (AvgIpc) is 3.64. The van der Waals surface area contributed by atoms with Gasteiger partial charge in [0.05, 0.1) is 28.9 Å². The molecule has 1 aliphatic rings. The Bertz CT molecular complexity index is 1830. The predicted octanol–water partition coefficient (Wildman–Crippen LogP) is 6.60. The normalized spacial score (nSPS) is 12.0. The molecule has 0 aliphatic carbocycles. The molecule has 0 saturated carbocycles. The first-order chi connectivity index (χ1) is 20.5. The third kappa shape index (κ3) is 5.37. The summed E-state index contributed by atoms with van der Waals surface area (Å²) >= 11 is 6.41. The Balaban J connectivity index is 1.20. The van der Waals surface area contributed by atoms with Crippen LogP contribution in [0.2, 0.25) is 5.02 Å². The number of hydrogen-bond donors (Lipinski definition) is 2. The van der Waals surface area contributed by atoms with Crippen LogP contribution in [-0.2, 0) is 0 Å². The van der Waals surface area contributed by atoms with Gasteiger partial charge < -0.3 is 23.9 Å². The maximum absolute atomic E-state index is 13.3. The van der Waals surface area contributed by atoms with Gasteiger partial charge in [0, 0.05) is 10.9 Å². The number of ether oxygens (including phenoxy) is 4. The third-order valence-corrected chi connectivity index (χ3v) is 6.85. The Hall–Kier alpha value is -5.28. The molecule has 10 heteroatoms. The summed E-state index contributed by atoms with van der Waals surface area (Å²) in [6, 6.07) is 24.9. The van der Waals surface area contributed by atoms with Gasteiger partial charge >= 0.3 is 5.97 Å². The van der Waals surface area contributed by atoms with Crippen LogP contribution in [-0.4, -0.2) is 36.5 Å². The SMILES string of the molecule is CCOc1cc(C=NNC(=O)c2[nH]c3c(Cl)cccc3c2-c2ccccc2)ccc1OC(=O)c1ccc2c(c1)OCO2. The topological polar surface area (TPSA) is 111 Å². The summed E-state index contributed by atoms with van der Waals surface area (Å²) in [5.41, 5.74) is 6.11. The second kappa shape index (κ2) is 11.7. The first kappa shape index (κ1) is 26.9. The average molecular weight is 582 g/mol. The van der Waals surface area contributed by atoms with Crippen LogP contribution in [0.25, 0.3) is 22.0 Å². The Morgan fingerprint density at radius 3 is 2.64 bits per heavy atom. The Labute approximate surface area is 245 Å². The number of benzene rings is 4. The van der Waals surface area contributed by atoms with Crippen molar-refractivity contribution >= 4 is 40.6 Å². The molecular formula is C32H24ClN3O6. The second-order valence-corrected chi connectivity index (χ2v) is 9.61. The number of hydrogen-bond acceptors (Lipinski definition) is 7. The van der Waals surface area contributed by atoms with Crippen molar-refractivity contribution in [1.29, 1.82) is 0 Å². The summed E-state index contributed by atoms with van der Waals surface area (Å²) < 4.78 is 21.9. The number of para-hydroxylation sites is 1. The molecule has 1 aromatic heterocycles. The van der Waals surface area contributed by atoms with Crippen LogP contribution in [0, 0.1) is 0 Å². The number of H-pyrrole nitrogens is 1. The van der Waals surface area contributed by atoms with Gasteiger partial charge in [0.25, 0.3) is 5.91 Å². The van der Waals surface area contributed by atoms with Gasteiger partial charge in [0.1, 0.15) is 5.69 Å². The van der Waals surface area contributed by atoms with Crippen LogP contribution < -0.4 is 24.4 Å². The number of carbonyl (C=O) groups is 2. The van der Waals surface area contributed by atoms with Gasteiger partial charge in [-0.15, -0.1) is 0 Å². The highest BCUT2D eigenvalue weighted by molar-refractivity contribution is 6.36. The smallest absolute Gasteiger partial charge is 0.343 e. The fourth-order valence-corrected chi connectivity index (χ4v) is 4.84. The maximum atomic E-state index is 13.3. The van der Waals surface area contributed by atoms with E-state index in [1.165, 1.54) is 6.21 Å². The summed E-state index contributed by atoms with van der Waals surface area (Å²) in [4.78, 5) is 29.2. The fourth-order valence-electron chi connectivity index (χ4n) is 4.62. The zero-order chi connectivity index (χ0) is 29.1. The van der Waals surface area contributed by atoms with E-state index in [1.54, 1.807) is 42.5 Å². The maximum Gasteiger partial charge on any atom is 0.343 e. The molecule has 0 atom stereocenters. The van der Waals surface area contributed by atoms with Crippen LogP contribution in [0.3, 0.4) is 0 Å². The Morgan fingerprint density at radius 1 is 0.976 bits per heavy atom. The molecule has 0 fully saturated rings. The molecule has 1 amide bonds.